The van der Waals surface area contributed by atoms with E-state index in [-0.39, 0.29) is 5.78 Å². The van der Waals surface area contributed by atoms with Gasteiger partial charge in [-0.15, -0.1) is 11.3 Å². The predicted octanol–water partition coefficient (Wildman–Crippen LogP) is 3.41. The molecular formula is C16H19NOS. The lowest BCUT2D eigenvalue weighted by molar-refractivity contribution is 0.0947. The number of carbonyl (C=O) groups excluding carboxylic acids is 1. The third kappa shape index (κ3) is 4.30. The van der Waals surface area contributed by atoms with Crippen molar-refractivity contribution in [3.05, 3.63) is 57.8 Å². The maximum atomic E-state index is 12.1. The van der Waals surface area contributed by atoms with E-state index in [1.165, 1.54) is 4.88 Å². The van der Waals surface area contributed by atoms with E-state index in [0.29, 0.717) is 6.54 Å². The van der Waals surface area contributed by atoms with Crippen LogP contribution < -0.4 is 0 Å². The number of thiophene rings is 1. The van der Waals surface area contributed by atoms with Gasteiger partial charge >= 0.3 is 0 Å². The maximum absolute atomic E-state index is 12.1. The van der Waals surface area contributed by atoms with Crippen LogP contribution >= 0.6 is 11.3 Å². The lowest BCUT2D eigenvalue weighted by Gasteiger charge is -2.15. The number of nitrogens with zero attached hydrogens (tertiary/aromatic N) is 1. The summed E-state index contributed by atoms with van der Waals surface area (Å²) < 4.78 is 0. The summed E-state index contributed by atoms with van der Waals surface area (Å²) in [5.41, 5.74) is 1.94. The number of rotatable bonds is 6. The fraction of sp³-hybridized carbons (Fsp3) is 0.312. The van der Waals surface area contributed by atoms with Crippen molar-refractivity contribution in [1.82, 2.24) is 4.90 Å². The SMILES string of the molecule is Cc1cccc(C(=O)CN(C)CCc2cccs2)c1. The standard InChI is InChI=1S/C16H19NOS/c1-13-5-3-6-14(11-13)16(18)12-17(2)9-8-15-7-4-10-19-15/h3-7,10-11H,8-9,12H2,1-2H3. The number of likely N-dealkylation sites (N-methyl/N-ethyl adjacent to an activating group) is 1. The van der Waals surface area contributed by atoms with Gasteiger partial charge in [0.1, 0.15) is 0 Å². The van der Waals surface area contributed by atoms with Crippen LogP contribution in [0.1, 0.15) is 20.8 Å². The molecule has 2 aromatic rings. The molecule has 3 heteroatoms. The van der Waals surface area contributed by atoms with Crippen molar-refractivity contribution < 1.29 is 4.79 Å². The molecule has 2 rings (SSSR count). The first-order valence-electron chi connectivity index (χ1n) is 6.46. The van der Waals surface area contributed by atoms with Crippen LogP contribution in [0.5, 0.6) is 0 Å². The van der Waals surface area contributed by atoms with E-state index >= 15 is 0 Å². The van der Waals surface area contributed by atoms with Crippen molar-refractivity contribution in [3.63, 3.8) is 0 Å². The second-order valence-corrected chi connectivity index (χ2v) is 5.89. The number of hydrogen-bond donors (Lipinski definition) is 0. The smallest absolute Gasteiger partial charge is 0.176 e. The second-order valence-electron chi connectivity index (χ2n) is 4.86. The minimum absolute atomic E-state index is 0.192. The van der Waals surface area contributed by atoms with Crippen molar-refractivity contribution in [3.8, 4) is 0 Å². The highest BCUT2D eigenvalue weighted by Crippen LogP contribution is 2.10. The normalized spacial score (nSPS) is 10.9. The molecule has 0 fully saturated rings. The Kier molecular flexibility index (Phi) is 4.88. The van der Waals surface area contributed by atoms with Gasteiger partial charge < -0.3 is 0 Å². The van der Waals surface area contributed by atoms with Crippen LogP contribution in [0, 0.1) is 6.92 Å². The highest BCUT2D eigenvalue weighted by atomic mass is 32.1. The summed E-state index contributed by atoms with van der Waals surface area (Å²) in [6.45, 7) is 3.41. The molecule has 1 aromatic heterocycles. The van der Waals surface area contributed by atoms with E-state index in [9.17, 15) is 4.79 Å². The van der Waals surface area contributed by atoms with Gasteiger partial charge in [-0.25, -0.2) is 0 Å². The average Bonchev–Trinajstić information content (AvgIpc) is 2.89. The number of benzene rings is 1. The van der Waals surface area contributed by atoms with Gasteiger partial charge in [0.15, 0.2) is 5.78 Å². The molecule has 0 saturated carbocycles. The Bertz CT molecular complexity index is 533. The molecule has 0 spiro atoms. The summed E-state index contributed by atoms with van der Waals surface area (Å²) in [4.78, 5) is 15.6. The first-order chi connectivity index (χ1) is 9.15. The zero-order chi connectivity index (χ0) is 13.7. The molecular weight excluding hydrogens is 254 g/mol. The highest BCUT2D eigenvalue weighted by molar-refractivity contribution is 7.09. The largest absolute Gasteiger partial charge is 0.299 e. The van der Waals surface area contributed by atoms with Crippen LogP contribution in [-0.4, -0.2) is 30.8 Å². The molecule has 1 aromatic carbocycles. The zero-order valence-electron chi connectivity index (χ0n) is 11.4. The molecule has 0 aliphatic rings. The van der Waals surface area contributed by atoms with Crippen molar-refractivity contribution in [2.24, 2.45) is 0 Å². The summed E-state index contributed by atoms with van der Waals surface area (Å²) in [5.74, 6) is 0.192. The molecule has 0 unspecified atom stereocenters. The zero-order valence-corrected chi connectivity index (χ0v) is 12.2. The first kappa shape index (κ1) is 14.0. The Balaban J connectivity index is 1.84. The Morgan fingerprint density at radius 1 is 1.26 bits per heavy atom. The molecule has 19 heavy (non-hydrogen) atoms. The molecule has 0 saturated heterocycles. The Morgan fingerprint density at radius 3 is 2.79 bits per heavy atom. The van der Waals surface area contributed by atoms with Crippen molar-refractivity contribution in [1.29, 1.82) is 0 Å². The molecule has 0 aliphatic carbocycles. The van der Waals surface area contributed by atoms with E-state index in [2.05, 4.69) is 22.4 Å². The second kappa shape index (κ2) is 6.64. The number of ketones is 1. The molecule has 100 valence electrons. The van der Waals surface area contributed by atoms with Gasteiger partial charge in [0.05, 0.1) is 6.54 Å². The predicted molar refractivity (Wildman–Crippen MR) is 81.0 cm³/mol. The Hall–Kier alpha value is -1.45. The van der Waals surface area contributed by atoms with Crippen molar-refractivity contribution in [2.45, 2.75) is 13.3 Å². The summed E-state index contributed by atoms with van der Waals surface area (Å²) in [7, 11) is 2.00. The Morgan fingerprint density at radius 2 is 2.11 bits per heavy atom. The number of carbonyl (C=O) groups is 1. The molecule has 0 atom stereocenters. The molecule has 1 heterocycles. The fourth-order valence-corrected chi connectivity index (χ4v) is 2.69. The van der Waals surface area contributed by atoms with Crippen LogP contribution in [0.2, 0.25) is 0 Å². The fourth-order valence-electron chi connectivity index (χ4n) is 1.99. The topological polar surface area (TPSA) is 20.3 Å². The molecule has 0 amide bonds. The molecule has 0 aliphatic heterocycles. The van der Waals surface area contributed by atoms with E-state index in [1.54, 1.807) is 11.3 Å². The van der Waals surface area contributed by atoms with Crippen molar-refractivity contribution >= 4 is 17.1 Å². The van der Waals surface area contributed by atoms with Gasteiger partial charge in [-0.05, 0) is 37.9 Å². The minimum Gasteiger partial charge on any atom is -0.299 e. The number of Topliss-reactive ketones (excluding diaryl/α,β-unsaturated/α-hetero) is 1. The minimum atomic E-state index is 0.192. The van der Waals surface area contributed by atoms with E-state index in [1.807, 2.05) is 38.2 Å². The summed E-state index contributed by atoms with van der Waals surface area (Å²) in [6, 6.07) is 12.0. The molecule has 2 nitrogen and oxygen atoms in total. The van der Waals surface area contributed by atoms with E-state index in [4.69, 9.17) is 0 Å². The van der Waals surface area contributed by atoms with E-state index in [0.717, 1.165) is 24.1 Å². The maximum Gasteiger partial charge on any atom is 0.176 e. The summed E-state index contributed by atoms with van der Waals surface area (Å²) >= 11 is 1.77. The lowest BCUT2D eigenvalue weighted by atomic mass is 10.1. The van der Waals surface area contributed by atoms with Gasteiger partial charge in [-0.2, -0.15) is 0 Å². The number of hydrogen-bond acceptors (Lipinski definition) is 3. The first-order valence-corrected chi connectivity index (χ1v) is 7.34. The summed E-state index contributed by atoms with van der Waals surface area (Å²) in [5, 5.41) is 2.09. The third-order valence-electron chi connectivity index (χ3n) is 3.07. The van der Waals surface area contributed by atoms with Crippen LogP contribution in [0.15, 0.2) is 41.8 Å². The third-order valence-corrected chi connectivity index (χ3v) is 4.01. The quantitative estimate of drug-likeness (QED) is 0.752. The lowest BCUT2D eigenvalue weighted by Crippen LogP contribution is -2.27. The molecule has 0 radical (unpaired) electrons. The van der Waals surface area contributed by atoms with Gasteiger partial charge in [-0.1, -0.05) is 29.8 Å². The van der Waals surface area contributed by atoms with E-state index < -0.39 is 0 Å². The van der Waals surface area contributed by atoms with Crippen LogP contribution in [0.4, 0.5) is 0 Å². The Labute approximate surface area is 118 Å². The summed E-state index contributed by atoms with van der Waals surface area (Å²) in [6.07, 6.45) is 1.01. The van der Waals surface area contributed by atoms with Gasteiger partial charge in [0, 0.05) is 17.0 Å². The van der Waals surface area contributed by atoms with Gasteiger partial charge in [0.25, 0.3) is 0 Å². The van der Waals surface area contributed by atoms with Gasteiger partial charge in [-0.3, -0.25) is 9.69 Å². The molecule has 0 N–H and O–H groups in total. The molecule has 0 bridgehead atoms. The average molecular weight is 273 g/mol. The van der Waals surface area contributed by atoms with Crippen LogP contribution in [0.3, 0.4) is 0 Å². The monoisotopic (exact) mass is 273 g/mol. The highest BCUT2D eigenvalue weighted by Gasteiger charge is 2.09. The van der Waals surface area contributed by atoms with Crippen molar-refractivity contribution in [2.75, 3.05) is 20.1 Å². The van der Waals surface area contributed by atoms with Crippen LogP contribution in [0.25, 0.3) is 0 Å². The number of aryl methyl sites for hydroxylation is 1. The van der Waals surface area contributed by atoms with Crippen LogP contribution in [-0.2, 0) is 6.42 Å². The van der Waals surface area contributed by atoms with Gasteiger partial charge in [0.2, 0.25) is 0 Å².